The summed E-state index contributed by atoms with van der Waals surface area (Å²) in [5.41, 5.74) is -0.224. The molecule has 3 heterocycles. The van der Waals surface area contributed by atoms with E-state index in [-0.39, 0.29) is 23.6 Å². The van der Waals surface area contributed by atoms with Crippen molar-refractivity contribution in [2.75, 3.05) is 44.7 Å². The molecule has 2 aromatic rings. The maximum absolute atomic E-state index is 15.0. The summed E-state index contributed by atoms with van der Waals surface area (Å²) >= 11 is 0. The minimum Gasteiger partial charge on any atom is -0.487 e. The molecular weight excluding hydrogens is 425 g/mol. The molecule has 0 amide bonds. The molecule has 2 unspecified atom stereocenters. The Kier molecular flexibility index (Phi) is 6.70. The highest BCUT2D eigenvalue weighted by Gasteiger charge is 2.30. The van der Waals surface area contributed by atoms with Crippen LogP contribution in [0, 0.1) is 5.82 Å². The van der Waals surface area contributed by atoms with Crippen LogP contribution in [0.4, 0.5) is 10.1 Å². The third-order valence-electron chi connectivity index (χ3n) is 5.55. The zero-order chi connectivity index (χ0) is 23.7. The van der Waals surface area contributed by atoms with Gasteiger partial charge < -0.3 is 34.4 Å². The van der Waals surface area contributed by atoms with Gasteiger partial charge in [-0.1, -0.05) is 0 Å². The minimum atomic E-state index is -1.32. The zero-order valence-electron chi connectivity index (χ0n) is 18.0. The lowest BCUT2D eigenvalue weighted by Crippen LogP contribution is -2.45. The van der Waals surface area contributed by atoms with Gasteiger partial charge in [0.2, 0.25) is 5.43 Å². The van der Waals surface area contributed by atoms with Gasteiger partial charge in [0.1, 0.15) is 24.0 Å². The lowest BCUT2D eigenvalue weighted by molar-refractivity contribution is -0.145. The number of aliphatic carboxylic acids is 1. The number of anilines is 1. The maximum Gasteiger partial charge on any atom is 0.341 e. The molecule has 174 valence electrons. The van der Waals surface area contributed by atoms with Gasteiger partial charge in [-0.3, -0.25) is 4.79 Å². The molecule has 10 nitrogen and oxygen atoms in total. The molecule has 0 bridgehead atoms. The van der Waals surface area contributed by atoms with Gasteiger partial charge in [-0.15, -0.1) is 0 Å². The van der Waals surface area contributed by atoms with Crippen molar-refractivity contribution in [1.82, 2.24) is 9.47 Å². The van der Waals surface area contributed by atoms with Gasteiger partial charge in [0.25, 0.3) is 0 Å². The summed E-state index contributed by atoms with van der Waals surface area (Å²) in [5, 5.41) is 25.1. The van der Waals surface area contributed by atoms with Crippen LogP contribution in [-0.4, -0.2) is 82.7 Å². The van der Waals surface area contributed by atoms with Crippen LogP contribution in [0.5, 0.6) is 5.75 Å². The number of aromatic carboxylic acids is 1. The summed E-state index contributed by atoms with van der Waals surface area (Å²) in [7, 11) is 2.02. The fraction of sp³-hybridized carbons (Fsp3) is 0.476. The van der Waals surface area contributed by atoms with Crippen molar-refractivity contribution in [3.8, 4) is 5.75 Å². The van der Waals surface area contributed by atoms with Crippen LogP contribution in [0.2, 0.25) is 0 Å². The number of pyridine rings is 1. The Morgan fingerprint density at radius 2 is 1.81 bits per heavy atom. The highest BCUT2D eigenvalue weighted by Crippen LogP contribution is 2.42. The maximum atomic E-state index is 15.0. The molecule has 4 rings (SSSR count). The summed E-state index contributed by atoms with van der Waals surface area (Å²) in [6.45, 7) is 6.27. The second-order valence-corrected chi connectivity index (χ2v) is 7.98. The molecule has 1 aromatic carbocycles. The normalized spacial score (nSPS) is 19.0. The quantitative estimate of drug-likeness (QED) is 0.625. The van der Waals surface area contributed by atoms with Gasteiger partial charge in [0.05, 0.1) is 16.9 Å². The first-order chi connectivity index (χ1) is 15.0. The molecule has 0 saturated carbocycles. The van der Waals surface area contributed by atoms with Crippen molar-refractivity contribution in [3.05, 3.63) is 33.9 Å². The average molecular weight is 451 g/mol. The summed E-state index contributed by atoms with van der Waals surface area (Å²) in [5.74, 6) is -2.73. The van der Waals surface area contributed by atoms with E-state index >= 15 is 0 Å². The van der Waals surface area contributed by atoms with Gasteiger partial charge in [0.15, 0.2) is 11.6 Å². The number of hydrogen-bond acceptors (Lipinski definition) is 7. The minimum absolute atomic E-state index is 0.0434. The van der Waals surface area contributed by atoms with Crippen molar-refractivity contribution in [2.45, 2.75) is 26.0 Å². The first-order valence-electron chi connectivity index (χ1n) is 10.1. The second-order valence-electron chi connectivity index (χ2n) is 7.98. The Bertz CT molecular complexity index is 1110. The van der Waals surface area contributed by atoms with Gasteiger partial charge in [0, 0.05) is 32.4 Å². The number of nitrogens with zero attached hydrogens (tertiary/aromatic N) is 3. The number of hydrogen-bond donors (Lipinski definition) is 3. The molecular formula is C21H26FN3O7. The number of piperazine rings is 1. The summed E-state index contributed by atoms with van der Waals surface area (Å²) in [6, 6.07) is 0.994. The monoisotopic (exact) mass is 451 g/mol. The fourth-order valence-corrected chi connectivity index (χ4v) is 3.69. The van der Waals surface area contributed by atoms with Gasteiger partial charge >= 0.3 is 11.9 Å². The number of rotatable bonds is 3. The zero-order valence-corrected chi connectivity index (χ0v) is 18.0. The number of likely N-dealkylation sites (N-methyl/N-ethyl adjacent to an activating group) is 1. The lowest BCUT2D eigenvalue weighted by atomic mass is 10.1. The van der Waals surface area contributed by atoms with E-state index in [1.165, 1.54) is 13.1 Å². The van der Waals surface area contributed by atoms with Crippen LogP contribution < -0.4 is 15.1 Å². The molecule has 0 radical (unpaired) electrons. The molecule has 3 N–H and O–H groups in total. The van der Waals surface area contributed by atoms with E-state index in [0.717, 1.165) is 19.2 Å². The molecule has 11 heteroatoms. The first-order valence-corrected chi connectivity index (χ1v) is 10.1. The van der Waals surface area contributed by atoms with E-state index in [4.69, 9.17) is 14.9 Å². The van der Waals surface area contributed by atoms with E-state index < -0.39 is 29.3 Å². The van der Waals surface area contributed by atoms with E-state index in [0.29, 0.717) is 30.0 Å². The molecule has 0 aliphatic carbocycles. The number of aliphatic hydroxyl groups excluding tert-OH is 1. The number of aliphatic hydroxyl groups is 1. The Balaban J connectivity index is 0.000000427. The number of carbonyl (C=O) groups is 2. The molecule has 2 aliphatic heterocycles. The third kappa shape index (κ3) is 4.39. The topological polar surface area (TPSA) is 133 Å². The van der Waals surface area contributed by atoms with Gasteiger partial charge in [-0.25, -0.2) is 14.0 Å². The van der Waals surface area contributed by atoms with Crippen molar-refractivity contribution in [3.63, 3.8) is 0 Å². The highest BCUT2D eigenvalue weighted by atomic mass is 19.1. The standard InChI is InChI=1S/C18H20FN3O4.C3H6O3/c1-10-9-26-17-14-11(16(23)12(18(24)25)8-22(10)14)7-13(19)15(17)21-5-3-20(2)4-6-21;1-2(4)3(5)6/h7-8,10H,3-6,9H2,1-2H3,(H,24,25);2,4H,1H3,(H,5,6). The molecule has 1 saturated heterocycles. The Hall–Kier alpha value is -3.18. The summed E-state index contributed by atoms with van der Waals surface area (Å²) in [4.78, 5) is 37.5. The van der Waals surface area contributed by atoms with Crippen LogP contribution >= 0.6 is 0 Å². The van der Waals surface area contributed by atoms with E-state index in [1.54, 1.807) is 4.57 Å². The predicted octanol–water partition coefficient (Wildman–Crippen LogP) is 0.996. The van der Waals surface area contributed by atoms with Crippen molar-refractivity contribution in [1.29, 1.82) is 0 Å². The van der Waals surface area contributed by atoms with E-state index in [2.05, 4.69) is 4.90 Å². The largest absolute Gasteiger partial charge is 0.487 e. The Morgan fingerprint density at radius 3 is 2.34 bits per heavy atom. The summed E-state index contributed by atoms with van der Waals surface area (Å²) < 4.78 is 22.6. The predicted molar refractivity (Wildman–Crippen MR) is 114 cm³/mol. The third-order valence-corrected chi connectivity index (χ3v) is 5.55. The van der Waals surface area contributed by atoms with Crippen molar-refractivity contribution in [2.24, 2.45) is 0 Å². The average Bonchev–Trinajstić information content (AvgIpc) is 2.73. The Morgan fingerprint density at radius 1 is 1.22 bits per heavy atom. The number of halogens is 1. The van der Waals surface area contributed by atoms with Crippen molar-refractivity contribution >= 4 is 28.5 Å². The molecule has 32 heavy (non-hydrogen) atoms. The SMILES string of the molecule is CC(O)C(=O)O.CC1COc2c(N3CCN(C)CC3)c(F)cc3c(=O)c(C(=O)O)cn1c23. The number of ether oxygens (including phenoxy) is 1. The number of carboxylic acids is 2. The van der Waals surface area contributed by atoms with E-state index in [9.17, 15) is 23.9 Å². The van der Waals surface area contributed by atoms with Crippen LogP contribution in [0.1, 0.15) is 30.2 Å². The highest BCUT2D eigenvalue weighted by molar-refractivity contribution is 5.97. The van der Waals surface area contributed by atoms with Crippen LogP contribution in [0.3, 0.4) is 0 Å². The van der Waals surface area contributed by atoms with Crippen LogP contribution in [-0.2, 0) is 4.79 Å². The second kappa shape index (κ2) is 9.13. The van der Waals surface area contributed by atoms with Crippen molar-refractivity contribution < 1.29 is 34.0 Å². The molecule has 2 atom stereocenters. The molecule has 2 aliphatic rings. The molecule has 1 aromatic heterocycles. The molecule has 0 spiro atoms. The smallest absolute Gasteiger partial charge is 0.341 e. The van der Waals surface area contributed by atoms with Gasteiger partial charge in [-0.2, -0.15) is 0 Å². The number of benzene rings is 1. The lowest BCUT2D eigenvalue weighted by Gasteiger charge is -2.37. The van der Waals surface area contributed by atoms with Crippen LogP contribution in [0.15, 0.2) is 17.1 Å². The van der Waals surface area contributed by atoms with E-state index in [1.807, 2.05) is 18.9 Å². The number of aromatic nitrogens is 1. The molecule has 1 fully saturated rings. The Labute approximate surface area is 183 Å². The fourth-order valence-electron chi connectivity index (χ4n) is 3.69. The first kappa shape index (κ1) is 23.5. The number of carboxylic acid groups (broad SMARTS) is 2. The summed E-state index contributed by atoms with van der Waals surface area (Å²) in [6.07, 6.45) is 0.111. The van der Waals surface area contributed by atoms with Gasteiger partial charge in [-0.05, 0) is 27.0 Å². The van der Waals surface area contributed by atoms with Crippen LogP contribution in [0.25, 0.3) is 10.9 Å².